The predicted octanol–water partition coefficient (Wildman–Crippen LogP) is 1.76. The van der Waals surface area contributed by atoms with E-state index >= 15 is 0 Å². The Hall–Kier alpha value is -1.09. The Morgan fingerprint density at radius 1 is 1.33 bits per heavy atom. The van der Waals surface area contributed by atoms with Crippen molar-refractivity contribution < 1.29 is 14.0 Å². The lowest BCUT2D eigenvalue weighted by Crippen LogP contribution is -2.45. The number of esters is 1. The molecule has 0 bridgehead atoms. The van der Waals surface area contributed by atoms with Crippen LogP contribution in [-0.2, 0) is 9.53 Å². The summed E-state index contributed by atoms with van der Waals surface area (Å²) in [4.78, 5) is 11.2. The van der Waals surface area contributed by atoms with Gasteiger partial charge in [-0.15, -0.1) is 0 Å². The molecule has 0 fully saturated rings. The molecule has 3 heteroatoms. The van der Waals surface area contributed by atoms with Crippen molar-refractivity contribution in [3.63, 3.8) is 0 Å². The molecule has 0 saturated heterocycles. The van der Waals surface area contributed by atoms with Gasteiger partial charge in [0.25, 0.3) is 0 Å². The number of likely N-dealkylation sites (N-methyl/N-ethyl adjacent to an activating group) is 1. The molecule has 0 saturated carbocycles. The molecule has 0 radical (unpaired) electrons. The normalized spacial score (nSPS) is 10.8. The van der Waals surface area contributed by atoms with Gasteiger partial charge in [0.15, 0.2) is 0 Å². The third-order valence-corrected chi connectivity index (χ3v) is 2.30. The first-order valence-electron chi connectivity index (χ1n) is 5.29. The molecule has 0 aliphatic rings. The second kappa shape index (κ2) is 7.23. The topological polar surface area (TPSA) is 26.3 Å². The van der Waals surface area contributed by atoms with Crippen molar-refractivity contribution >= 4 is 5.97 Å². The van der Waals surface area contributed by atoms with Gasteiger partial charge in [-0.2, -0.15) is 0 Å². The number of hydrogen-bond donors (Lipinski definition) is 0. The van der Waals surface area contributed by atoms with E-state index in [2.05, 4.69) is 20.2 Å². The van der Waals surface area contributed by atoms with Gasteiger partial charge in [-0.05, 0) is 19.1 Å². The average molecular weight is 212 g/mol. The molecule has 0 aliphatic carbocycles. The van der Waals surface area contributed by atoms with Gasteiger partial charge >= 0.3 is 5.97 Å². The van der Waals surface area contributed by atoms with Gasteiger partial charge in [0, 0.05) is 0 Å². The number of ether oxygens (including phenoxy) is 1. The SMILES string of the molecule is C=CC[N+](C)(CC=C)CCC(=O)OCC. The molecule has 0 N–H and O–H groups in total. The summed E-state index contributed by atoms with van der Waals surface area (Å²) in [6.07, 6.45) is 4.19. The van der Waals surface area contributed by atoms with Crippen LogP contribution in [-0.4, -0.2) is 43.7 Å². The van der Waals surface area contributed by atoms with E-state index in [-0.39, 0.29) is 5.97 Å². The number of carbonyl (C=O) groups is 1. The lowest BCUT2D eigenvalue weighted by molar-refractivity contribution is -0.897. The highest BCUT2D eigenvalue weighted by Crippen LogP contribution is 2.05. The summed E-state index contributed by atoms with van der Waals surface area (Å²) in [7, 11) is 2.09. The van der Waals surface area contributed by atoms with E-state index in [9.17, 15) is 4.79 Å². The average Bonchev–Trinajstić information content (AvgIpc) is 2.16. The molecule has 0 unspecified atom stereocenters. The van der Waals surface area contributed by atoms with Crippen molar-refractivity contribution in [3.05, 3.63) is 25.3 Å². The van der Waals surface area contributed by atoms with Gasteiger partial charge < -0.3 is 9.22 Å². The van der Waals surface area contributed by atoms with Crippen molar-refractivity contribution in [2.75, 3.05) is 33.3 Å². The van der Waals surface area contributed by atoms with Crippen LogP contribution in [0, 0.1) is 0 Å². The molecule has 0 aromatic rings. The van der Waals surface area contributed by atoms with Crippen molar-refractivity contribution in [3.8, 4) is 0 Å². The summed E-state index contributed by atoms with van der Waals surface area (Å²) in [6, 6.07) is 0. The Bertz CT molecular complexity index is 214. The smallest absolute Gasteiger partial charge is 0.311 e. The van der Waals surface area contributed by atoms with Crippen LogP contribution in [0.3, 0.4) is 0 Å². The minimum atomic E-state index is -0.130. The van der Waals surface area contributed by atoms with E-state index in [1.807, 2.05) is 19.1 Å². The van der Waals surface area contributed by atoms with Crippen LogP contribution >= 0.6 is 0 Å². The maximum absolute atomic E-state index is 11.2. The highest BCUT2D eigenvalue weighted by Gasteiger charge is 2.19. The maximum atomic E-state index is 11.2. The minimum absolute atomic E-state index is 0.130. The predicted molar refractivity (Wildman–Crippen MR) is 62.4 cm³/mol. The van der Waals surface area contributed by atoms with Crippen molar-refractivity contribution in [2.24, 2.45) is 0 Å². The van der Waals surface area contributed by atoms with Gasteiger partial charge in [-0.25, -0.2) is 0 Å². The fourth-order valence-electron chi connectivity index (χ4n) is 1.47. The maximum Gasteiger partial charge on any atom is 0.311 e. The van der Waals surface area contributed by atoms with E-state index in [1.165, 1.54) is 0 Å². The lowest BCUT2D eigenvalue weighted by atomic mass is 10.3. The molecule has 0 heterocycles. The Kier molecular flexibility index (Phi) is 6.71. The van der Waals surface area contributed by atoms with Gasteiger partial charge in [-0.3, -0.25) is 4.79 Å². The number of quaternary nitrogens is 1. The van der Waals surface area contributed by atoms with Crippen LogP contribution in [0.25, 0.3) is 0 Å². The van der Waals surface area contributed by atoms with Crippen LogP contribution in [0.5, 0.6) is 0 Å². The van der Waals surface area contributed by atoms with Crippen LogP contribution in [0.4, 0.5) is 0 Å². The van der Waals surface area contributed by atoms with Crippen LogP contribution in [0.1, 0.15) is 13.3 Å². The summed E-state index contributed by atoms with van der Waals surface area (Å²) < 4.78 is 5.65. The molecule has 0 spiro atoms. The third-order valence-electron chi connectivity index (χ3n) is 2.30. The molecule has 0 amide bonds. The Balaban J connectivity index is 4.10. The van der Waals surface area contributed by atoms with Gasteiger partial charge in [-0.1, -0.05) is 13.2 Å². The third kappa shape index (κ3) is 6.07. The molecule has 86 valence electrons. The van der Waals surface area contributed by atoms with E-state index in [1.54, 1.807) is 0 Å². The Morgan fingerprint density at radius 2 is 1.87 bits per heavy atom. The van der Waals surface area contributed by atoms with E-state index in [0.717, 1.165) is 24.1 Å². The van der Waals surface area contributed by atoms with Crippen molar-refractivity contribution in [1.82, 2.24) is 0 Å². The molecule has 0 aliphatic heterocycles. The van der Waals surface area contributed by atoms with E-state index in [0.29, 0.717) is 13.0 Å². The zero-order valence-electron chi connectivity index (χ0n) is 9.87. The Morgan fingerprint density at radius 3 is 2.27 bits per heavy atom. The molecule has 0 aromatic carbocycles. The lowest BCUT2D eigenvalue weighted by Gasteiger charge is -2.32. The number of hydrogen-bond acceptors (Lipinski definition) is 2. The largest absolute Gasteiger partial charge is 0.466 e. The summed E-state index contributed by atoms with van der Waals surface area (Å²) in [5.74, 6) is -0.130. The number of nitrogens with zero attached hydrogens (tertiary/aromatic N) is 1. The zero-order valence-corrected chi connectivity index (χ0v) is 9.87. The van der Waals surface area contributed by atoms with E-state index < -0.39 is 0 Å². The van der Waals surface area contributed by atoms with Crippen molar-refractivity contribution in [2.45, 2.75) is 13.3 Å². The van der Waals surface area contributed by atoms with Gasteiger partial charge in [0.1, 0.15) is 0 Å². The standard InChI is InChI=1S/C12H22NO2/c1-5-9-13(4,10-6-2)11-8-12(14)15-7-3/h5-6H,1-2,7-11H2,3-4H3/q+1. The Labute approximate surface area is 92.6 Å². The quantitative estimate of drug-likeness (QED) is 0.348. The van der Waals surface area contributed by atoms with Crippen LogP contribution in [0.15, 0.2) is 25.3 Å². The molecular weight excluding hydrogens is 190 g/mol. The fourth-order valence-corrected chi connectivity index (χ4v) is 1.47. The first kappa shape index (κ1) is 13.9. The fraction of sp³-hybridized carbons (Fsp3) is 0.583. The first-order chi connectivity index (χ1) is 7.08. The highest BCUT2D eigenvalue weighted by molar-refractivity contribution is 5.69. The summed E-state index contributed by atoms with van der Waals surface area (Å²) in [5, 5.41) is 0. The van der Waals surface area contributed by atoms with Crippen molar-refractivity contribution in [1.29, 1.82) is 0 Å². The second-order valence-electron chi connectivity index (χ2n) is 3.84. The van der Waals surface area contributed by atoms with E-state index in [4.69, 9.17) is 4.74 Å². The molecule has 0 atom stereocenters. The zero-order chi connectivity index (χ0) is 11.7. The second-order valence-corrected chi connectivity index (χ2v) is 3.84. The molecule has 0 aromatic heterocycles. The summed E-state index contributed by atoms with van der Waals surface area (Å²) in [5.41, 5.74) is 0. The van der Waals surface area contributed by atoms with Crippen LogP contribution < -0.4 is 0 Å². The summed E-state index contributed by atoms with van der Waals surface area (Å²) >= 11 is 0. The molecule has 15 heavy (non-hydrogen) atoms. The van der Waals surface area contributed by atoms with Gasteiger partial charge in [0.2, 0.25) is 0 Å². The highest BCUT2D eigenvalue weighted by atomic mass is 16.5. The number of carbonyl (C=O) groups excluding carboxylic acids is 1. The first-order valence-corrected chi connectivity index (χ1v) is 5.29. The van der Waals surface area contributed by atoms with Crippen LogP contribution in [0.2, 0.25) is 0 Å². The molecular formula is C12H22NO2+. The van der Waals surface area contributed by atoms with Gasteiger partial charge in [0.05, 0.1) is 39.7 Å². The minimum Gasteiger partial charge on any atom is -0.466 e. The summed E-state index contributed by atoms with van der Waals surface area (Å²) in [6.45, 7) is 12.2. The molecule has 0 rings (SSSR count). The monoisotopic (exact) mass is 212 g/mol. The number of rotatable bonds is 8. The molecule has 3 nitrogen and oxygen atoms in total.